The fourth-order valence-electron chi connectivity index (χ4n) is 0.918. The van der Waals surface area contributed by atoms with Crippen molar-refractivity contribution in [2.45, 2.75) is 26.5 Å². The molecule has 0 bridgehead atoms. The van der Waals surface area contributed by atoms with Crippen LogP contribution in [0.3, 0.4) is 0 Å². The lowest BCUT2D eigenvalue weighted by Gasteiger charge is -2.07. The zero-order chi connectivity index (χ0) is 9.68. The van der Waals surface area contributed by atoms with Crippen LogP contribution in [0.1, 0.15) is 19.5 Å². The van der Waals surface area contributed by atoms with Gasteiger partial charge in [0.1, 0.15) is 0 Å². The third kappa shape index (κ3) is 3.38. The molecule has 4 nitrogen and oxygen atoms in total. The maximum atomic E-state index is 5.35. The Hall–Kier alpha value is -1.16. The highest BCUT2D eigenvalue weighted by Crippen LogP contribution is 2.05. The minimum absolute atomic E-state index is 0.143. The average molecular weight is 181 g/mol. The summed E-state index contributed by atoms with van der Waals surface area (Å²) in [6, 6.07) is 0. The van der Waals surface area contributed by atoms with Gasteiger partial charge in [-0.25, -0.2) is 4.98 Å². The molecular weight excluding hydrogens is 166 g/mol. The third-order valence-electron chi connectivity index (χ3n) is 1.40. The van der Waals surface area contributed by atoms with E-state index in [4.69, 9.17) is 4.74 Å². The minimum atomic E-state index is 0.143. The van der Waals surface area contributed by atoms with Crippen LogP contribution in [0.5, 0.6) is 5.88 Å². The predicted octanol–water partition coefficient (Wildman–Crippen LogP) is 0.983. The van der Waals surface area contributed by atoms with Crippen LogP contribution in [0.4, 0.5) is 0 Å². The first-order valence-corrected chi connectivity index (χ1v) is 4.34. The van der Waals surface area contributed by atoms with Gasteiger partial charge in [-0.3, -0.25) is 4.98 Å². The Morgan fingerprint density at radius 3 is 2.62 bits per heavy atom. The summed E-state index contributed by atoms with van der Waals surface area (Å²) in [5.74, 6) is 0.579. The Kier molecular flexibility index (Phi) is 3.64. The Balaban J connectivity index is 2.59. The van der Waals surface area contributed by atoms with E-state index in [0.29, 0.717) is 5.88 Å². The molecule has 0 saturated carbocycles. The van der Waals surface area contributed by atoms with Crippen LogP contribution in [0, 0.1) is 0 Å². The van der Waals surface area contributed by atoms with Crippen molar-refractivity contribution >= 4 is 0 Å². The first kappa shape index (κ1) is 9.92. The van der Waals surface area contributed by atoms with E-state index in [1.807, 2.05) is 20.9 Å². The molecule has 72 valence electrons. The summed E-state index contributed by atoms with van der Waals surface area (Å²) in [4.78, 5) is 8.28. The van der Waals surface area contributed by atoms with E-state index in [1.165, 1.54) is 0 Å². The van der Waals surface area contributed by atoms with E-state index in [1.54, 1.807) is 12.4 Å². The second-order valence-electron chi connectivity index (χ2n) is 3.04. The van der Waals surface area contributed by atoms with Crippen LogP contribution in [-0.4, -0.2) is 23.1 Å². The lowest BCUT2D eigenvalue weighted by molar-refractivity contribution is 0.231. The summed E-state index contributed by atoms with van der Waals surface area (Å²) in [5, 5.41) is 3.00. The van der Waals surface area contributed by atoms with E-state index >= 15 is 0 Å². The van der Waals surface area contributed by atoms with Crippen molar-refractivity contribution in [3.63, 3.8) is 0 Å². The standard InChI is InChI=1S/C9H15N3O/c1-7(2)13-9-6-11-8(4-10-3)5-12-9/h5-7,10H,4H2,1-3H3. The van der Waals surface area contributed by atoms with Gasteiger partial charge in [0.15, 0.2) is 0 Å². The molecule has 1 N–H and O–H groups in total. The van der Waals surface area contributed by atoms with E-state index in [-0.39, 0.29) is 6.10 Å². The second kappa shape index (κ2) is 4.77. The van der Waals surface area contributed by atoms with E-state index in [2.05, 4.69) is 15.3 Å². The van der Waals surface area contributed by atoms with Crippen molar-refractivity contribution in [3.05, 3.63) is 18.1 Å². The van der Waals surface area contributed by atoms with E-state index < -0.39 is 0 Å². The van der Waals surface area contributed by atoms with Gasteiger partial charge in [0.25, 0.3) is 0 Å². The normalized spacial score (nSPS) is 10.5. The summed E-state index contributed by atoms with van der Waals surface area (Å²) in [6.07, 6.45) is 3.51. The maximum Gasteiger partial charge on any atom is 0.232 e. The first-order valence-electron chi connectivity index (χ1n) is 4.34. The molecule has 13 heavy (non-hydrogen) atoms. The number of hydrogen-bond donors (Lipinski definition) is 1. The van der Waals surface area contributed by atoms with Crippen LogP contribution in [0.2, 0.25) is 0 Å². The first-order chi connectivity index (χ1) is 6.22. The molecule has 0 radical (unpaired) electrons. The van der Waals surface area contributed by atoms with Gasteiger partial charge in [-0.2, -0.15) is 0 Å². The zero-order valence-corrected chi connectivity index (χ0v) is 8.24. The molecule has 1 rings (SSSR count). The van der Waals surface area contributed by atoms with Gasteiger partial charge >= 0.3 is 0 Å². The van der Waals surface area contributed by atoms with Crippen molar-refractivity contribution in [2.24, 2.45) is 0 Å². The van der Waals surface area contributed by atoms with Gasteiger partial charge < -0.3 is 10.1 Å². The van der Waals surface area contributed by atoms with Crippen molar-refractivity contribution in [2.75, 3.05) is 7.05 Å². The van der Waals surface area contributed by atoms with E-state index in [0.717, 1.165) is 12.2 Å². The molecule has 0 aromatic carbocycles. The Labute approximate surface area is 78.4 Å². The van der Waals surface area contributed by atoms with Crippen molar-refractivity contribution in [3.8, 4) is 5.88 Å². The SMILES string of the molecule is CNCc1cnc(OC(C)C)cn1. The summed E-state index contributed by atoms with van der Waals surface area (Å²) in [6.45, 7) is 4.65. The lowest BCUT2D eigenvalue weighted by atomic mass is 10.4. The molecule has 0 saturated heterocycles. The predicted molar refractivity (Wildman–Crippen MR) is 50.6 cm³/mol. The monoisotopic (exact) mass is 181 g/mol. The molecule has 1 heterocycles. The molecule has 1 aromatic heterocycles. The smallest absolute Gasteiger partial charge is 0.232 e. The van der Waals surface area contributed by atoms with Crippen molar-refractivity contribution in [1.82, 2.24) is 15.3 Å². The van der Waals surface area contributed by atoms with Crippen molar-refractivity contribution < 1.29 is 4.74 Å². The van der Waals surface area contributed by atoms with Gasteiger partial charge in [-0.1, -0.05) is 0 Å². The molecule has 0 spiro atoms. The van der Waals surface area contributed by atoms with Crippen LogP contribution >= 0.6 is 0 Å². The van der Waals surface area contributed by atoms with Gasteiger partial charge in [0.2, 0.25) is 5.88 Å². The topological polar surface area (TPSA) is 47.0 Å². The minimum Gasteiger partial charge on any atom is -0.474 e. The molecule has 0 aliphatic heterocycles. The zero-order valence-electron chi connectivity index (χ0n) is 8.24. The molecular formula is C9H15N3O. The van der Waals surface area contributed by atoms with Crippen molar-refractivity contribution in [1.29, 1.82) is 0 Å². The lowest BCUT2D eigenvalue weighted by Crippen LogP contribution is -2.10. The molecule has 0 unspecified atom stereocenters. The number of rotatable bonds is 4. The Morgan fingerprint density at radius 2 is 2.15 bits per heavy atom. The quantitative estimate of drug-likeness (QED) is 0.752. The number of hydrogen-bond acceptors (Lipinski definition) is 4. The van der Waals surface area contributed by atoms with Crippen LogP contribution in [0.25, 0.3) is 0 Å². The molecule has 1 aromatic rings. The van der Waals surface area contributed by atoms with E-state index in [9.17, 15) is 0 Å². The third-order valence-corrected chi connectivity index (χ3v) is 1.40. The Bertz CT molecular complexity index is 246. The van der Waals surface area contributed by atoms with Crippen LogP contribution < -0.4 is 10.1 Å². The number of aromatic nitrogens is 2. The molecule has 4 heteroatoms. The molecule has 0 atom stereocenters. The fraction of sp³-hybridized carbons (Fsp3) is 0.556. The number of nitrogens with zero attached hydrogens (tertiary/aromatic N) is 2. The van der Waals surface area contributed by atoms with Gasteiger partial charge in [0, 0.05) is 6.54 Å². The summed E-state index contributed by atoms with van der Waals surface area (Å²) < 4.78 is 5.35. The number of nitrogens with one attached hydrogen (secondary N) is 1. The van der Waals surface area contributed by atoms with Gasteiger partial charge in [-0.15, -0.1) is 0 Å². The molecule has 0 amide bonds. The highest BCUT2D eigenvalue weighted by atomic mass is 16.5. The van der Waals surface area contributed by atoms with Gasteiger partial charge in [0.05, 0.1) is 24.2 Å². The highest BCUT2D eigenvalue weighted by molar-refractivity contribution is 5.07. The van der Waals surface area contributed by atoms with Crippen LogP contribution in [-0.2, 0) is 6.54 Å². The Morgan fingerprint density at radius 1 is 1.38 bits per heavy atom. The second-order valence-corrected chi connectivity index (χ2v) is 3.04. The average Bonchev–Trinajstić information content (AvgIpc) is 2.08. The molecule has 0 aliphatic rings. The highest BCUT2D eigenvalue weighted by Gasteiger charge is 1.99. The molecule has 0 fully saturated rings. The summed E-state index contributed by atoms with van der Waals surface area (Å²) in [7, 11) is 1.88. The fourth-order valence-corrected chi connectivity index (χ4v) is 0.918. The summed E-state index contributed by atoms with van der Waals surface area (Å²) >= 11 is 0. The van der Waals surface area contributed by atoms with Gasteiger partial charge in [-0.05, 0) is 20.9 Å². The van der Waals surface area contributed by atoms with Crippen LogP contribution in [0.15, 0.2) is 12.4 Å². The largest absolute Gasteiger partial charge is 0.474 e. The maximum absolute atomic E-state index is 5.35. The number of ether oxygens (including phenoxy) is 1. The molecule has 0 aliphatic carbocycles. The summed E-state index contributed by atoms with van der Waals surface area (Å²) in [5.41, 5.74) is 0.915.